The Hall–Kier alpha value is -2.83. The molecule has 1 aromatic carbocycles. The first-order valence-corrected chi connectivity index (χ1v) is 6.88. The Kier molecular flexibility index (Phi) is 5.13. The molecule has 0 saturated carbocycles. The van der Waals surface area contributed by atoms with Gasteiger partial charge in [-0.3, -0.25) is 4.79 Å². The highest BCUT2D eigenvalue weighted by molar-refractivity contribution is 5.90. The lowest BCUT2D eigenvalue weighted by Crippen LogP contribution is -2.35. The molecule has 1 aliphatic heterocycles. The second-order valence-electron chi connectivity index (χ2n) is 4.72. The largest absolute Gasteiger partial charge is 0.438 e. The first-order valence-electron chi connectivity index (χ1n) is 6.88. The summed E-state index contributed by atoms with van der Waals surface area (Å²) in [6.45, 7) is 3.78. The van der Waals surface area contributed by atoms with Gasteiger partial charge in [0.1, 0.15) is 18.3 Å². The number of hydrogen-bond donors (Lipinski definition) is 2. The van der Waals surface area contributed by atoms with Crippen LogP contribution in [0.1, 0.15) is 13.8 Å². The Morgan fingerprint density at radius 3 is 3.09 bits per heavy atom. The molecule has 3 N–H and O–H groups in total. The van der Waals surface area contributed by atoms with Crippen LogP contribution in [0.25, 0.3) is 0 Å². The number of amides is 1. The van der Waals surface area contributed by atoms with Crippen molar-refractivity contribution in [1.29, 1.82) is 0 Å². The molecule has 0 spiro atoms. The normalized spacial score (nSPS) is 18.0. The van der Waals surface area contributed by atoms with Gasteiger partial charge in [-0.15, -0.1) is 5.10 Å². The van der Waals surface area contributed by atoms with E-state index in [1.807, 2.05) is 19.1 Å². The maximum absolute atomic E-state index is 11.0. The minimum atomic E-state index is -0.291. The standard InChI is InChI=1S/C15H19N5O2/c1-3-5-15(22-13-7-4-6-12(16)8-13)19-20-9-14(17-10-20)18-11(2)21/h3-8,10,14H,9,16H2,1-2H3,(H,18,21)/b5-3-,19-15+. The molecule has 1 aromatic rings. The van der Waals surface area contributed by atoms with Gasteiger partial charge in [-0.2, -0.15) is 0 Å². The number of carbonyl (C=O) groups is 1. The van der Waals surface area contributed by atoms with Crippen LogP contribution >= 0.6 is 0 Å². The van der Waals surface area contributed by atoms with Crippen LogP contribution in [0, 0.1) is 0 Å². The Bertz CT molecular complexity index is 624. The number of aliphatic imine (C=N–C) groups is 1. The molecule has 7 nitrogen and oxygen atoms in total. The Labute approximate surface area is 129 Å². The van der Waals surface area contributed by atoms with Gasteiger partial charge in [0.15, 0.2) is 0 Å². The van der Waals surface area contributed by atoms with Crippen molar-refractivity contribution in [3.63, 3.8) is 0 Å². The molecule has 116 valence electrons. The van der Waals surface area contributed by atoms with Gasteiger partial charge in [0, 0.05) is 18.7 Å². The molecule has 1 unspecified atom stereocenters. The summed E-state index contributed by atoms with van der Waals surface area (Å²) >= 11 is 0. The first-order chi connectivity index (χ1) is 10.6. The average Bonchev–Trinajstić information content (AvgIpc) is 2.85. The average molecular weight is 301 g/mol. The Morgan fingerprint density at radius 2 is 2.41 bits per heavy atom. The molecule has 0 bridgehead atoms. The van der Waals surface area contributed by atoms with E-state index in [0.717, 1.165) is 0 Å². The summed E-state index contributed by atoms with van der Waals surface area (Å²) in [4.78, 5) is 15.2. The lowest BCUT2D eigenvalue weighted by Gasteiger charge is -2.13. The molecule has 1 aliphatic rings. The van der Waals surface area contributed by atoms with E-state index in [1.165, 1.54) is 6.92 Å². The summed E-state index contributed by atoms with van der Waals surface area (Å²) in [6, 6.07) is 7.11. The molecule has 1 heterocycles. The molecular weight excluding hydrogens is 282 g/mol. The highest BCUT2D eigenvalue weighted by atomic mass is 16.5. The van der Waals surface area contributed by atoms with E-state index in [9.17, 15) is 4.79 Å². The molecule has 1 atom stereocenters. The molecule has 0 saturated heterocycles. The van der Waals surface area contributed by atoms with Crippen LogP contribution in [0.15, 0.2) is 46.5 Å². The first kappa shape index (κ1) is 15.6. The number of rotatable bonds is 4. The van der Waals surface area contributed by atoms with Crippen molar-refractivity contribution >= 4 is 23.8 Å². The second-order valence-corrected chi connectivity index (χ2v) is 4.72. The quantitative estimate of drug-likeness (QED) is 0.499. The van der Waals surface area contributed by atoms with E-state index in [0.29, 0.717) is 23.9 Å². The number of nitrogens with zero attached hydrogens (tertiary/aromatic N) is 3. The summed E-state index contributed by atoms with van der Waals surface area (Å²) in [5.41, 5.74) is 6.34. The molecule has 0 aliphatic carbocycles. The van der Waals surface area contributed by atoms with Gasteiger partial charge in [0.05, 0.1) is 6.54 Å². The van der Waals surface area contributed by atoms with E-state index < -0.39 is 0 Å². The lowest BCUT2D eigenvalue weighted by molar-refractivity contribution is -0.119. The van der Waals surface area contributed by atoms with Gasteiger partial charge in [0.2, 0.25) is 11.8 Å². The van der Waals surface area contributed by atoms with Crippen molar-refractivity contribution in [1.82, 2.24) is 10.3 Å². The highest BCUT2D eigenvalue weighted by Crippen LogP contribution is 2.15. The van der Waals surface area contributed by atoms with Crippen molar-refractivity contribution in [2.45, 2.75) is 20.0 Å². The van der Waals surface area contributed by atoms with Crippen LogP contribution in [0.3, 0.4) is 0 Å². The smallest absolute Gasteiger partial charge is 0.236 e. The van der Waals surface area contributed by atoms with Gasteiger partial charge >= 0.3 is 0 Å². The number of nitrogens with one attached hydrogen (secondary N) is 1. The van der Waals surface area contributed by atoms with E-state index in [4.69, 9.17) is 10.5 Å². The van der Waals surface area contributed by atoms with Gasteiger partial charge in [-0.25, -0.2) is 10.0 Å². The van der Waals surface area contributed by atoms with Crippen LogP contribution in [0.2, 0.25) is 0 Å². The molecule has 0 aromatic heterocycles. The van der Waals surface area contributed by atoms with Crippen molar-refractivity contribution in [3.05, 3.63) is 36.4 Å². The fourth-order valence-electron chi connectivity index (χ4n) is 1.87. The van der Waals surface area contributed by atoms with Crippen molar-refractivity contribution < 1.29 is 9.53 Å². The van der Waals surface area contributed by atoms with Crippen LogP contribution in [-0.2, 0) is 4.79 Å². The lowest BCUT2D eigenvalue weighted by atomic mass is 10.3. The predicted octanol–water partition coefficient (Wildman–Crippen LogP) is 1.34. The molecule has 22 heavy (non-hydrogen) atoms. The van der Waals surface area contributed by atoms with E-state index >= 15 is 0 Å². The van der Waals surface area contributed by atoms with Gasteiger partial charge in [-0.1, -0.05) is 12.1 Å². The summed E-state index contributed by atoms with van der Waals surface area (Å²) in [5, 5.41) is 8.67. The maximum Gasteiger partial charge on any atom is 0.236 e. The number of allylic oxidation sites excluding steroid dienone is 1. The molecular formula is C15H19N5O2. The minimum absolute atomic E-state index is 0.127. The van der Waals surface area contributed by atoms with Crippen molar-refractivity contribution in [3.8, 4) is 5.75 Å². The van der Waals surface area contributed by atoms with Crippen LogP contribution in [0.5, 0.6) is 5.75 Å². The fraction of sp³-hybridized carbons (Fsp3) is 0.267. The zero-order valence-electron chi connectivity index (χ0n) is 12.6. The summed E-state index contributed by atoms with van der Waals surface area (Å²) < 4.78 is 5.71. The van der Waals surface area contributed by atoms with E-state index in [2.05, 4.69) is 15.4 Å². The molecule has 0 radical (unpaired) electrons. The minimum Gasteiger partial charge on any atom is -0.438 e. The van der Waals surface area contributed by atoms with E-state index in [-0.39, 0.29) is 12.1 Å². The predicted molar refractivity (Wildman–Crippen MR) is 86.5 cm³/mol. The second kappa shape index (κ2) is 7.26. The SMILES string of the molecule is C/C=C\C(=N/N1C=NC(NC(C)=O)C1)Oc1cccc(N)c1. The zero-order chi connectivity index (χ0) is 15.9. The van der Waals surface area contributed by atoms with Crippen LogP contribution in [-0.4, -0.2) is 35.9 Å². The van der Waals surface area contributed by atoms with Gasteiger partial charge in [0.25, 0.3) is 0 Å². The zero-order valence-corrected chi connectivity index (χ0v) is 12.6. The maximum atomic E-state index is 11.0. The fourth-order valence-corrected chi connectivity index (χ4v) is 1.87. The van der Waals surface area contributed by atoms with E-state index in [1.54, 1.807) is 35.6 Å². The van der Waals surface area contributed by atoms with Crippen molar-refractivity contribution in [2.75, 3.05) is 12.3 Å². The number of nitrogen functional groups attached to an aromatic ring is 1. The van der Waals surface area contributed by atoms with Crippen LogP contribution in [0.4, 0.5) is 5.69 Å². The Balaban J connectivity index is 2.05. The van der Waals surface area contributed by atoms with Crippen LogP contribution < -0.4 is 15.8 Å². The third-order valence-corrected chi connectivity index (χ3v) is 2.73. The molecule has 7 heteroatoms. The number of carbonyl (C=O) groups excluding carboxylic acids is 1. The molecule has 1 amide bonds. The number of anilines is 1. The number of ether oxygens (including phenoxy) is 1. The van der Waals surface area contributed by atoms with Gasteiger partial charge in [-0.05, 0) is 25.1 Å². The third kappa shape index (κ3) is 4.62. The molecule has 2 rings (SSSR count). The van der Waals surface area contributed by atoms with Crippen molar-refractivity contribution in [2.24, 2.45) is 10.1 Å². The van der Waals surface area contributed by atoms with Gasteiger partial charge < -0.3 is 15.8 Å². The summed E-state index contributed by atoms with van der Waals surface area (Å²) in [5.74, 6) is 0.882. The highest BCUT2D eigenvalue weighted by Gasteiger charge is 2.18. The molecule has 0 fully saturated rings. The number of benzene rings is 1. The summed E-state index contributed by atoms with van der Waals surface area (Å²) in [7, 11) is 0. The summed E-state index contributed by atoms with van der Waals surface area (Å²) in [6.07, 6.45) is 4.83. The number of nitrogens with two attached hydrogens (primary N) is 1. The monoisotopic (exact) mass is 301 g/mol. The number of hydrogen-bond acceptors (Lipinski definition) is 6. The Morgan fingerprint density at radius 1 is 1.59 bits per heavy atom. The number of hydrazone groups is 1. The third-order valence-electron chi connectivity index (χ3n) is 2.73. The topological polar surface area (TPSA) is 92.3 Å².